The maximum Gasteiger partial charge on any atom is 0.306 e. The number of hydrogen-bond acceptors (Lipinski definition) is 3. The average molecular weight is 273 g/mol. The van der Waals surface area contributed by atoms with Gasteiger partial charge in [-0.2, -0.15) is 0 Å². The van der Waals surface area contributed by atoms with E-state index >= 15 is 0 Å². The van der Waals surface area contributed by atoms with Crippen LogP contribution in [0.4, 0.5) is 0 Å². The van der Waals surface area contributed by atoms with Crippen LogP contribution in [0.1, 0.15) is 18.9 Å². The van der Waals surface area contributed by atoms with E-state index in [0.717, 1.165) is 10.0 Å². The van der Waals surface area contributed by atoms with Crippen molar-refractivity contribution >= 4 is 21.9 Å². The average Bonchev–Trinajstić information content (AvgIpc) is 2.17. The van der Waals surface area contributed by atoms with Gasteiger partial charge in [0.1, 0.15) is 5.75 Å². The van der Waals surface area contributed by atoms with Crippen LogP contribution in [0.25, 0.3) is 0 Å². The van der Waals surface area contributed by atoms with Crippen molar-refractivity contribution in [2.24, 2.45) is 0 Å². The predicted octanol–water partition coefficient (Wildman–Crippen LogP) is 2.65. The number of ether oxygens (including phenoxy) is 1. The minimum Gasteiger partial charge on any atom is -0.508 e. The molecule has 0 spiro atoms. The van der Waals surface area contributed by atoms with Crippen LogP contribution >= 0.6 is 15.9 Å². The summed E-state index contributed by atoms with van der Waals surface area (Å²) in [6.45, 7) is 2.16. The van der Waals surface area contributed by atoms with Gasteiger partial charge >= 0.3 is 5.97 Å². The molecule has 82 valence electrons. The molecule has 0 radical (unpaired) electrons. The van der Waals surface area contributed by atoms with E-state index in [1.165, 1.54) is 0 Å². The van der Waals surface area contributed by atoms with E-state index in [0.29, 0.717) is 13.0 Å². The van der Waals surface area contributed by atoms with Crippen LogP contribution in [0.3, 0.4) is 0 Å². The molecule has 0 heterocycles. The second kappa shape index (κ2) is 5.75. The number of carbonyl (C=O) groups is 1. The Morgan fingerprint density at radius 2 is 2.27 bits per heavy atom. The van der Waals surface area contributed by atoms with Crippen molar-refractivity contribution in [3.8, 4) is 5.75 Å². The van der Waals surface area contributed by atoms with Crippen LogP contribution < -0.4 is 0 Å². The fourth-order valence-corrected chi connectivity index (χ4v) is 1.81. The van der Waals surface area contributed by atoms with Crippen LogP contribution in [-0.2, 0) is 16.0 Å². The highest BCUT2D eigenvalue weighted by molar-refractivity contribution is 9.10. The third-order valence-electron chi connectivity index (χ3n) is 1.98. The van der Waals surface area contributed by atoms with Crippen LogP contribution in [-0.4, -0.2) is 17.7 Å². The number of phenols is 1. The predicted molar refractivity (Wildman–Crippen MR) is 60.8 cm³/mol. The minimum absolute atomic E-state index is 0.202. The van der Waals surface area contributed by atoms with Gasteiger partial charge in [-0.25, -0.2) is 0 Å². The first-order valence-electron chi connectivity index (χ1n) is 4.77. The molecule has 15 heavy (non-hydrogen) atoms. The Kier molecular flexibility index (Phi) is 4.62. The van der Waals surface area contributed by atoms with Crippen molar-refractivity contribution in [1.29, 1.82) is 0 Å². The SMILES string of the molecule is CCOC(=O)CCc1c(O)cccc1Br. The van der Waals surface area contributed by atoms with Crippen molar-refractivity contribution in [3.63, 3.8) is 0 Å². The third kappa shape index (κ3) is 3.55. The number of hydrogen-bond donors (Lipinski definition) is 1. The summed E-state index contributed by atoms with van der Waals surface area (Å²) in [7, 11) is 0. The molecule has 0 bridgehead atoms. The molecular weight excluding hydrogens is 260 g/mol. The molecule has 0 atom stereocenters. The molecule has 0 amide bonds. The van der Waals surface area contributed by atoms with Crippen LogP contribution in [0.5, 0.6) is 5.75 Å². The Bertz CT molecular complexity index is 329. The highest BCUT2D eigenvalue weighted by Gasteiger charge is 2.08. The molecule has 4 heteroatoms. The third-order valence-corrected chi connectivity index (χ3v) is 2.72. The Balaban J connectivity index is 2.61. The monoisotopic (exact) mass is 272 g/mol. The first kappa shape index (κ1) is 12.0. The van der Waals surface area contributed by atoms with Crippen molar-refractivity contribution in [1.82, 2.24) is 0 Å². The van der Waals surface area contributed by atoms with Crippen molar-refractivity contribution in [2.75, 3.05) is 6.61 Å². The summed E-state index contributed by atoms with van der Waals surface area (Å²) in [5.74, 6) is -0.0404. The van der Waals surface area contributed by atoms with Gasteiger partial charge in [-0.15, -0.1) is 0 Å². The fraction of sp³-hybridized carbons (Fsp3) is 0.364. The van der Waals surface area contributed by atoms with Gasteiger partial charge in [0.15, 0.2) is 0 Å². The van der Waals surface area contributed by atoms with E-state index < -0.39 is 0 Å². The fourth-order valence-electron chi connectivity index (χ4n) is 1.25. The van der Waals surface area contributed by atoms with Crippen LogP contribution in [0.2, 0.25) is 0 Å². The molecule has 0 saturated carbocycles. The molecule has 0 saturated heterocycles. The first-order valence-corrected chi connectivity index (χ1v) is 5.56. The lowest BCUT2D eigenvalue weighted by Crippen LogP contribution is -2.05. The molecule has 0 aromatic heterocycles. The van der Waals surface area contributed by atoms with Gasteiger partial charge in [0, 0.05) is 16.5 Å². The van der Waals surface area contributed by atoms with Gasteiger partial charge in [0.05, 0.1) is 6.61 Å². The molecule has 1 aromatic rings. The van der Waals surface area contributed by atoms with E-state index in [2.05, 4.69) is 15.9 Å². The summed E-state index contributed by atoms with van der Waals surface area (Å²) in [4.78, 5) is 11.1. The molecule has 3 nitrogen and oxygen atoms in total. The Morgan fingerprint density at radius 3 is 2.87 bits per heavy atom. The highest BCUT2D eigenvalue weighted by Crippen LogP contribution is 2.26. The zero-order valence-corrected chi connectivity index (χ0v) is 10.1. The molecule has 0 aliphatic carbocycles. The quantitative estimate of drug-likeness (QED) is 0.858. The maximum atomic E-state index is 11.1. The normalized spacial score (nSPS) is 10.0. The molecule has 0 fully saturated rings. The number of esters is 1. The zero-order valence-electron chi connectivity index (χ0n) is 8.50. The van der Waals surface area contributed by atoms with E-state index in [1.54, 1.807) is 19.1 Å². The van der Waals surface area contributed by atoms with Crippen molar-refractivity contribution < 1.29 is 14.6 Å². The minimum atomic E-state index is -0.243. The largest absolute Gasteiger partial charge is 0.508 e. The second-order valence-corrected chi connectivity index (χ2v) is 3.90. The topological polar surface area (TPSA) is 46.5 Å². The molecule has 0 aliphatic heterocycles. The smallest absolute Gasteiger partial charge is 0.306 e. The number of rotatable bonds is 4. The summed E-state index contributed by atoms with van der Waals surface area (Å²) in [6, 6.07) is 5.18. The number of carbonyl (C=O) groups excluding carboxylic acids is 1. The Morgan fingerprint density at radius 1 is 1.53 bits per heavy atom. The number of phenolic OH excluding ortho intramolecular Hbond substituents is 1. The summed E-state index contributed by atoms with van der Waals surface area (Å²) in [5, 5.41) is 9.55. The zero-order chi connectivity index (χ0) is 11.3. The Hall–Kier alpha value is -1.03. The van der Waals surface area contributed by atoms with Crippen molar-refractivity contribution in [3.05, 3.63) is 28.2 Å². The first-order chi connectivity index (χ1) is 7.15. The molecule has 1 aromatic carbocycles. The summed E-state index contributed by atoms with van der Waals surface area (Å²) >= 11 is 3.32. The Labute approximate surface area is 97.2 Å². The summed E-state index contributed by atoms with van der Waals surface area (Å²) in [5.41, 5.74) is 0.741. The summed E-state index contributed by atoms with van der Waals surface area (Å²) in [6.07, 6.45) is 0.760. The molecule has 1 rings (SSSR count). The molecule has 1 N–H and O–H groups in total. The summed E-state index contributed by atoms with van der Waals surface area (Å²) < 4.78 is 5.62. The van der Waals surface area contributed by atoms with Gasteiger partial charge in [-0.05, 0) is 25.5 Å². The maximum absolute atomic E-state index is 11.1. The van der Waals surface area contributed by atoms with Gasteiger partial charge in [0.25, 0.3) is 0 Å². The lowest BCUT2D eigenvalue weighted by Gasteiger charge is -2.06. The molecular formula is C11H13BrO3. The number of halogens is 1. The van der Waals surface area contributed by atoms with E-state index in [9.17, 15) is 9.90 Å². The van der Waals surface area contributed by atoms with Gasteiger partial charge in [-0.3, -0.25) is 4.79 Å². The lowest BCUT2D eigenvalue weighted by molar-refractivity contribution is -0.143. The second-order valence-electron chi connectivity index (χ2n) is 3.04. The van der Waals surface area contributed by atoms with E-state index in [1.807, 2.05) is 6.07 Å². The lowest BCUT2D eigenvalue weighted by atomic mass is 10.1. The van der Waals surface area contributed by atoms with Gasteiger partial charge in [0.2, 0.25) is 0 Å². The van der Waals surface area contributed by atoms with E-state index in [-0.39, 0.29) is 18.1 Å². The standard InChI is InChI=1S/C11H13BrO3/c1-2-15-11(14)7-6-8-9(12)4-3-5-10(8)13/h3-5,13H,2,6-7H2,1H3. The van der Waals surface area contributed by atoms with E-state index in [4.69, 9.17) is 4.74 Å². The number of benzene rings is 1. The molecule has 0 unspecified atom stereocenters. The highest BCUT2D eigenvalue weighted by atomic mass is 79.9. The molecule has 0 aliphatic rings. The van der Waals surface area contributed by atoms with Crippen LogP contribution in [0, 0.1) is 0 Å². The van der Waals surface area contributed by atoms with Gasteiger partial charge in [-0.1, -0.05) is 22.0 Å². The van der Waals surface area contributed by atoms with Gasteiger partial charge < -0.3 is 9.84 Å². The van der Waals surface area contributed by atoms with Crippen molar-refractivity contribution in [2.45, 2.75) is 19.8 Å². The number of aromatic hydroxyl groups is 1. The van der Waals surface area contributed by atoms with Crippen LogP contribution in [0.15, 0.2) is 22.7 Å².